The van der Waals surface area contributed by atoms with E-state index in [-0.39, 0.29) is 74.8 Å². The lowest BCUT2D eigenvalue weighted by molar-refractivity contribution is -0.124. The molecule has 374 valence electrons. The van der Waals surface area contributed by atoms with Gasteiger partial charge in [-0.05, 0) is 100 Å². The molecule has 0 radical (unpaired) electrons. The fourth-order valence-corrected chi connectivity index (χ4v) is 9.14. The minimum Gasteiger partial charge on any atom is -0.493 e. The van der Waals surface area contributed by atoms with Crippen LogP contribution in [0.15, 0.2) is 133 Å². The van der Waals surface area contributed by atoms with Gasteiger partial charge in [-0.15, -0.1) is 29.9 Å². The largest absolute Gasteiger partial charge is 0.493 e. The number of carbonyl (C=O) groups excluding carboxylic acids is 2. The van der Waals surface area contributed by atoms with Crippen LogP contribution >= 0.6 is 24.8 Å². The maximum absolute atomic E-state index is 14.2. The van der Waals surface area contributed by atoms with Gasteiger partial charge in [-0.2, -0.15) is 0 Å². The third-order valence-corrected chi connectivity index (χ3v) is 12.6. The Balaban J connectivity index is 0.00000413. The van der Waals surface area contributed by atoms with Gasteiger partial charge in [0, 0.05) is 29.6 Å². The Kier molecular flexibility index (Phi) is 19.5. The molecule has 8 N–H and O–H groups in total. The zero-order valence-corrected chi connectivity index (χ0v) is 41.9. The molecule has 16 heteroatoms. The number of rotatable bonds is 23. The van der Waals surface area contributed by atoms with Gasteiger partial charge in [-0.1, -0.05) is 135 Å². The Morgan fingerprint density at radius 1 is 0.718 bits per heavy atom. The molecule has 2 amide bonds. The van der Waals surface area contributed by atoms with E-state index in [0.717, 1.165) is 79.9 Å². The van der Waals surface area contributed by atoms with E-state index in [9.17, 15) is 9.59 Å². The number of unbranched alkanes of at least 4 members (excludes halogenated alkanes) is 1. The first-order chi connectivity index (χ1) is 33.7. The Hall–Kier alpha value is -6.87. The van der Waals surface area contributed by atoms with Gasteiger partial charge in [-0.25, -0.2) is 4.79 Å². The first kappa shape index (κ1) is 53.5. The lowest BCUT2D eigenvalue weighted by Crippen LogP contribution is -2.50. The molecule has 1 heterocycles. The van der Waals surface area contributed by atoms with Crippen LogP contribution in [0.5, 0.6) is 11.5 Å². The van der Waals surface area contributed by atoms with E-state index < -0.39 is 12.1 Å². The fourth-order valence-electron chi connectivity index (χ4n) is 9.14. The lowest BCUT2D eigenvalue weighted by atomic mass is 9.92. The second-order valence-corrected chi connectivity index (χ2v) is 18.0. The van der Waals surface area contributed by atoms with Gasteiger partial charge < -0.3 is 42.0 Å². The number of amides is 2. The summed E-state index contributed by atoms with van der Waals surface area (Å²) in [6, 6.07) is 39.9. The van der Waals surface area contributed by atoms with Crippen molar-refractivity contribution in [3.63, 3.8) is 0 Å². The van der Waals surface area contributed by atoms with Crippen LogP contribution in [-0.2, 0) is 22.7 Å². The number of nitrogens with zero attached hydrogens (tertiary/aromatic N) is 4. The average Bonchev–Trinajstić information content (AvgIpc) is 3.94. The third kappa shape index (κ3) is 13.5. The summed E-state index contributed by atoms with van der Waals surface area (Å²) in [6.07, 6.45) is 4.95. The SMILES string of the molecule is CC(C)CCOc1ccc2ccccc2c1-c1c(OCc2cn(C[C@@H](CCCCN)NC(=O)[C@@H](CCCN=C(N)N)NC(=O)OCC3c4ccccc4-c4ccccc43)nn2)ccc2ccccc12.Cl.Cl. The first-order valence-electron chi connectivity index (χ1n) is 24.0. The number of alkyl carbamates (subject to hydrolysis) is 1. The summed E-state index contributed by atoms with van der Waals surface area (Å²) in [7, 11) is 0. The molecular formula is C55H65Cl2N9O5. The normalized spacial score (nSPS) is 12.5. The smallest absolute Gasteiger partial charge is 0.407 e. The molecule has 6 aromatic carbocycles. The maximum atomic E-state index is 14.2. The van der Waals surface area contributed by atoms with Crippen molar-refractivity contribution in [3.8, 4) is 33.8 Å². The molecule has 0 aliphatic heterocycles. The minimum absolute atomic E-state index is 0. The molecule has 7 aromatic rings. The number of hydrogen-bond acceptors (Lipinski definition) is 9. The van der Waals surface area contributed by atoms with Gasteiger partial charge in [0.2, 0.25) is 5.91 Å². The average molecular weight is 1000 g/mol. The Morgan fingerprint density at radius 2 is 1.32 bits per heavy atom. The number of halogens is 2. The molecule has 1 aromatic heterocycles. The van der Waals surface area contributed by atoms with Crippen LogP contribution in [0.3, 0.4) is 0 Å². The number of nitrogens with two attached hydrogens (primary N) is 3. The fraction of sp³-hybridized carbons (Fsp3) is 0.327. The Morgan fingerprint density at radius 3 is 1.94 bits per heavy atom. The first-order valence-corrected chi connectivity index (χ1v) is 24.0. The van der Waals surface area contributed by atoms with Gasteiger partial charge in [0.15, 0.2) is 5.96 Å². The third-order valence-electron chi connectivity index (χ3n) is 12.6. The predicted octanol–water partition coefficient (Wildman–Crippen LogP) is 9.67. The summed E-state index contributed by atoms with van der Waals surface area (Å²) in [5.74, 6) is 1.45. The zero-order valence-electron chi connectivity index (χ0n) is 40.3. The second kappa shape index (κ2) is 25.8. The van der Waals surface area contributed by atoms with E-state index >= 15 is 0 Å². The zero-order chi connectivity index (χ0) is 48.1. The molecule has 0 saturated heterocycles. The van der Waals surface area contributed by atoms with Gasteiger partial charge >= 0.3 is 6.09 Å². The van der Waals surface area contributed by atoms with E-state index in [1.165, 1.54) is 0 Å². The molecule has 0 bridgehead atoms. The van der Waals surface area contributed by atoms with Crippen molar-refractivity contribution in [2.75, 3.05) is 26.3 Å². The summed E-state index contributed by atoms with van der Waals surface area (Å²) in [5, 5.41) is 19.3. The maximum Gasteiger partial charge on any atom is 0.407 e. The lowest BCUT2D eigenvalue weighted by Gasteiger charge is -2.24. The van der Waals surface area contributed by atoms with Crippen LogP contribution in [0.1, 0.15) is 75.1 Å². The van der Waals surface area contributed by atoms with E-state index in [0.29, 0.717) is 49.9 Å². The highest BCUT2D eigenvalue weighted by Crippen LogP contribution is 2.46. The molecule has 71 heavy (non-hydrogen) atoms. The van der Waals surface area contributed by atoms with Crippen molar-refractivity contribution >= 4 is 64.3 Å². The van der Waals surface area contributed by atoms with E-state index in [2.05, 4.69) is 113 Å². The number of hydrogen-bond donors (Lipinski definition) is 5. The minimum atomic E-state index is -0.925. The Labute approximate surface area is 427 Å². The number of aliphatic imine (C=N–C) groups is 1. The quantitative estimate of drug-likeness (QED) is 0.0233. The summed E-state index contributed by atoms with van der Waals surface area (Å²) in [5.41, 5.74) is 24.0. The van der Waals surface area contributed by atoms with Crippen LogP contribution in [0.2, 0.25) is 0 Å². The predicted molar refractivity (Wildman–Crippen MR) is 287 cm³/mol. The molecule has 0 unspecified atom stereocenters. The number of benzene rings is 6. The van der Waals surface area contributed by atoms with Crippen LogP contribution in [0.4, 0.5) is 4.79 Å². The van der Waals surface area contributed by atoms with Gasteiger partial charge in [0.25, 0.3) is 0 Å². The molecule has 0 spiro atoms. The monoisotopic (exact) mass is 1000 g/mol. The highest BCUT2D eigenvalue weighted by Gasteiger charge is 2.30. The van der Waals surface area contributed by atoms with Gasteiger partial charge in [0.05, 0.1) is 19.3 Å². The number of carbonyl (C=O) groups is 2. The van der Waals surface area contributed by atoms with E-state index in [1.807, 2.05) is 54.7 Å². The number of nitrogens with one attached hydrogen (secondary N) is 2. The van der Waals surface area contributed by atoms with Crippen molar-refractivity contribution < 1.29 is 23.8 Å². The number of ether oxygens (including phenoxy) is 3. The molecule has 1 aliphatic rings. The topological polar surface area (TPSA) is 207 Å². The van der Waals surface area contributed by atoms with E-state index in [4.69, 9.17) is 31.4 Å². The number of aromatic nitrogens is 3. The standard InChI is InChI=1S/C55H63N9O5.2ClH/c1-36(2)28-31-67-49-26-24-37-14-3-5-17-41(37)51(49)52-42-18-6-4-15-38(42)25-27-50(52)68-34-40-33-64(63-62-40)32-39(16-11-12-29-56)60-53(65)48(23-13-30-59-54(57)58)61-55(66)69-35-47-45-21-9-7-19-43(45)44-20-8-10-22-46(44)47;;/h3-10,14-15,17-22,24-27,33,36,39,47-48H,11-13,16,23,28-32,34-35,56H2,1-2H3,(H,60,65)(H,61,66)(H4,57,58,59);2*1H/t39-,48-;;/m1../s1. The molecule has 14 nitrogen and oxygen atoms in total. The van der Waals surface area contributed by atoms with Gasteiger partial charge in [0.1, 0.15) is 36.4 Å². The molecule has 8 rings (SSSR count). The Bertz CT molecular complexity index is 2860. The molecular weight excluding hydrogens is 938 g/mol. The highest BCUT2D eigenvalue weighted by atomic mass is 35.5. The van der Waals surface area contributed by atoms with Crippen LogP contribution < -0.4 is 37.3 Å². The second-order valence-electron chi connectivity index (χ2n) is 18.0. The van der Waals surface area contributed by atoms with Crippen LogP contribution in [0.25, 0.3) is 43.8 Å². The summed E-state index contributed by atoms with van der Waals surface area (Å²) >= 11 is 0. The van der Waals surface area contributed by atoms with Crippen molar-refractivity contribution in [3.05, 3.63) is 144 Å². The molecule has 0 saturated carbocycles. The van der Waals surface area contributed by atoms with Crippen molar-refractivity contribution in [1.82, 2.24) is 25.6 Å². The van der Waals surface area contributed by atoms with Crippen molar-refractivity contribution in [2.24, 2.45) is 28.1 Å². The summed E-state index contributed by atoms with van der Waals surface area (Å²) in [6.45, 7) is 6.37. The van der Waals surface area contributed by atoms with E-state index in [1.54, 1.807) is 4.68 Å². The summed E-state index contributed by atoms with van der Waals surface area (Å²) < 4.78 is 20.8. The summed E-state index contributed by atoms with van der Waals surface area (Å²) in [4.78, 5) is 31.8. The molecule has 0 fully saturated rings. The van der Waals surface area contributed by atoms with Crippen LogP contribution in [-0.4, -0.2) is 71.3 Å². The molecule has 1 aliphatic carbocycles. The highest BCUT2D eigenvalue weighted by molar-refractivity contribution is 6.09. The van der Waals surface area contributed by atoms with Crippen molar-refractivity contribution in [2.45, 2.75) is 83.5 Å². The van der Waals surface area contributed by atoms with Gasteiger partial charge in [-0.3, -0.25) is 14.5 Å². The number of fused-ring (bicyclic) bond motifs is 5. The molecule has 2 atom stereocenters. The van der Waals surface area contributed by atoms with Crippen LogP contribution in [0, 0.1) is 5.92 Å². The van der Waals surface area contributed by atoms with Crippen molar-refractivity contribution in [1.29, 1.82) is 0 Å². The number of guanidine groups is 1.